The van der Waals surface area contributed by atoms with E-state index in [9.17, 15) is 14.4 Å². The minimum Gasteiger partial charge on any atom is -0.366 e. The standard InChI is InChI=1S/C23H19BrN6O3S/c24-23-27-17(12-34-23)22(33)30-10-8-29(9-11-30)21(32)14-6-4-13(5-7-14)20-26-16-3-1-2-15(19(25)31)18(16)28-20/h1-7,12H,8-11H2,(H2,25,31)(H,26,28). The van der Waals surface area contributed by atoms with E-state index in [4.69, 9.17) is 5.73 Å². The number of aromatic nitrogens is 3. The highest BCUT2D eigenvalue weighted by molar-refractivity contribution is 9.11. The van der Waals surface area contributed by atoms with Gasteiger partial charge in [0.1, 0.15) is 17.0 Å². The van der Waals surface area contributed by atoms with Crippen LogP contribution in [0, 0.1) is 0 Å². The van der Waals surface area contributed by atoms with Crippen LogP contribution in [0.4, 0.5) is 0 Å². The number of amides is 3. The first-order valence-electron chi connectivity index (χ1n) is 10.5. The molecule has 0 saturated carbocycles. The van der Waals surface area contributed by atoms with Crippen LogP contribution < -0.4 is 5.73 Å². The van der Waals surface area contributed by atoms with Crippen LogP contribution in [0.5, 0.6) is 0 Å². The highest BCUT2D eigenvalue weighted by Gasteiger charge is 2.26. The molecule has 4 aromatic rings. The van der Waals surface area contributed by atoms with Gasteiger partial charge in [-0.25, -0.2) is 9.97 Å². The maximum Gasteiger partial charge on any atom is 0.273 e. The number of halogens is 1. The summed E-state index contributed by atoms with van der Waals surface area (Å²) in [6, 6.07) is 12.3. The van der Waals surface area contributed by atoms with E-state index in [0.717, 1.165) is 5.56 Å². The lowest BCUT2D eigenvalue weighted by Crippen LogP contribution is -2.50. The molecule has 1 aliphatic rings. The van der Waals surface area contributed by atoms with Crippen LogP contribution >= 0.6 is 27.3 Å². The third-order valence-corrected chi connectivity index (χ3v) is 7.10. The lowest BCUT2D eigenvalue weighted by molar-refractivity contribution is 0.0532. The van der Waals surface area contributed by atoms with Crippen LogP contribution in [0.25, 0.3) is 22.4 Å². The fourth-order valence-corrected chi connectivity index (χ4v) is 4.93. The number of carbonyl (C=O) groups is 3. The third-order valence-electron chi connectivity index (χ3n) is 5.73. The number of nitrogens with zero attached hydrogens (tertiary/aromatic N) is 4. The van der Waals surface area contributed by atoms with Gasteiger partial charge in [0, 0.05) is 42.7 Å². The van der Waals surface area contributed by atoms with Crippen LogP contribution in [0.1, 0.15) is 31.2 Å². The van der Waals surface area contributed by atoms with E-state index in [1.54, 1.807) is 39.4 Å². The van der Waals surface area contributed by atoms with Crippen molar-refractivity contribution in [2.45, 2.75) is 0 Å². The molecule has 3 amide bonds. The molecule has 9 nitrogen and oxygen atoms in total. The molecule has 0 aliphatic carbocycles. The van der Waals surface area contributed by atoms with Gasteiger partial charge in [-0.3, -0.25) is 14.4 Å². The zero-order chi connectivity index (χ0) is 23.8. The van der Waals surface area contributed by atoms with Crippen molar-refractivity contribution in [3.8, 4) is 11.4 Å². The minimum atomic E-state index is -0.536. The van der Waals surface area contributed by atoms with Crippen molar-refractivity contribution in [1.82, 2.24) is 24.8 Å². The number of hydrogen-bond acceptors (Lipinski definition) is 6. The summed E-state index contributed by atoms with van der Waals surface area (Å²) in [5.74, 6) is -0.159. The number of carbonyl (C=O) groups excluding carboxylic acids is 3. The SMILES string of the molecule is NC(=O)c1cccc2[nH]c(-c3ccc(C(=O)N4CCN(C(=O)c5csc(Br)n5)CC4)cc3)nc12. The van der Waals surface area contributed by atoms with Crippen LogP contribution in [-0.2, 0) is 0 Å². The van der Waals surface area contributed by atoms with Crippen LogP contribution in [0.15, 0.2) is 51.8 Å². The average Bonchev–Trinajstić information content (AvgIpc) is 3.49. The molecule has 5 rings (SSSR count). The van der Waals surface area contributed by atoms with Crippen LogP contribution in [0.2, 0.25) is 0 Å². The van der Waals surface area contributed by atoms with Gasteiger partial charge in [0.2, 0.25) is 0 Å². The van der Waals surface area contributed by atoms with Crippen LogP contribution in [-0.4, -0.2) is 68.7 Å². The predicted octanol–water partition coefficient (Wildman–Crippen LogP) is 3.15. The van der Waals surface area contributed by atoms with E-state index >= 15 is 0 Å². The van der Waals surface area contributed by atoms with E-state index < -0.39 is 5.91 Å². The summed E-state index contributed by atoms with van der Waals surface area (Å²) in [4.78, 5) is 52.6. The molecular weight excluding hydrogens is 520 g/mol. The Hall–Kier alpha value is -3.57. The van der Waals surface area contributed by atoms with Gasteiger partial charge in [0.15, 0.2) is 3.92 Å². The number of aromatic amines is 1. The molecule has 1 saturated heterocycles. The molecule has 34 heavy (non-hydrogen) atoms. The number of piperazine rings is 1. The number of para-hydroxylation sites is 1. The highest BCUT2D eigenvalue weighted by Crippen LogP contribution is 2.24. The topological polar surface area (TPSA) is 125 Å². The first kappa shape index (κ1) is 22.2. The van der Waals surface area contributed by atoms with Crippen molar-refractivity contribution in [2.75, 3.05) is 26.2 Å². The van der Waals surface area contributed by atoms with Gasteiger partial charge in [0.05, 0.1) is 11.1 Å². The zero-order valence-electron chi connectivity index (χ0n) is 17.8. The first-order chi connectivity index (χ1) is 16.4. The number of hydrogen-bond donors (Lipinski definition) is 2. The number of nitrogens with two attached hydrogens (primary N) is 1. The van der Waals surface area contributed by atoms with E-state index in [1.807, 2.05) is 18.2 Å². The molecule has 0 radical (unpaired) electrons. The Balaban J connectivity index is 1.26. The minimum absolute atomic E-state index is 0.0873. The molecule has 0 unspecified atom stereocenters. The van der Waals surface area contributed by atoms with E-state index in [0.29, 0.717) is 63.8 Å². The molecule has 3 heterocycles. The highest BCUT2D eigenvalue weighted by atomic mass is 79.9. The molecule has 172 valence electrons. The number of fused-ring (bicyclic) bond motifs is 1. The zero-order valence-corrected chi connectivity index (χ0v) is 20.2. The number of primary amides is 1. The predicted molar refractivity (Wildman–Crippen MR) is 132 cm³/mol. The summed E-state index contributed by atoms with van der Waals surface area (Å²) in [6.07, 6.45) is 0. The number of thiazole rings is 1. The van der Waals surface area contributed by atoms with Gasteiger partial charge in [-0.2, -0.15) is 0 Å². The molecule has 0 spiro atoms. The number of nitrogens with one attached hydrogen (secondary N) is 1. The van der Waals surface area contributed by atoms with Gasteiger partial charge in [-0.05, 0) is 40.2 Å². The van der Waals surface area contributed by atoms with Crippen LogP contribution in [0.3, 0.4) is 0 Å². The van der Waals surface area contributed by atoms with Gasteiger partial charge >= 0.3 is 0 Å². The average molecular weight is 539 g/mol. The molecule has 1 aliphatic heterocycles. The second-order valence-electron chi connectivity index (χ2n) is 7.80. The Morgan fingerprint density at radius 2 is 1.62 bits per heavy atom. The van der Waals surface area contributed by atoms with Crippen molar-refractivity contribution >= 4 is 56.0 Å². The fraction of sp³-hybridized carbons (Fsp3) is 0.174. The second-order valence-corrected chi connectivity index (χ2v) is 9.93. The summed E-state index contributed by atoms with van der Waals surface area (Å²) < 4.78 is 0.670. The van der Waals surface area contributed by atoms with Gasteiger partial charge < -0.3 is 20.5 Å². The molecule has 1 fully saturated rings. The molecule has 0 bridgehead atoms. The maximum absolute atomic E-state index is 13.0. The van der Waals surface area contributed by atoms with Crippen molar-refractivity contribution in [3.05, 3.63) is 68.6 Å². The second kappa shape index (κ2) is 8.99. The fourth-order valence-electron chi connectivity index (χ4n) is 3.95. The van der Waals surface area contributed by atoms with Crippen molar-refractivity contribution in [2.24, 2.45) is 5.73 Å². The molecule has 2 aromatic carbocycles. The lowest BCUT2D eigenvalue weighted by atomic mass is 10.1. The summed E-state index contributed by atoms with van der Waals surface area (Å²) in [7, 11) is 0. The molecule has 0 atom stereocenters. The third kappa shape index (κ3) is 4.19. The monoisotopic (exact) mass is 538 g/mol. The lowest BCUT2D eigenvalue weighted by Gasteiger charge is -2.34. The van der Waals surface area contributed by atoms with E-state index in [-0.39, 0.29) is 11.8 Å². The Labute approximate surface area is 206 Å². The summed E-state index contributed by atoms with van der Waals surface area (Å²) in [6.45, 7) is 1.83. The molecule has 3 N–H and O–H groups in total. The smallest absolute Gasteiger partial charge is 0.273 e. The molecule has 2 aromatic heterocycles. The Kier molecular flexibility index (Phi) is 5.88. The molecular formula is C23H19BrN6O3S. The number of imidazole rings is 1. The van der Waals surface area contributed by atoms with Gasteiger partial charge in [0.25, 0.3) is 17.7 Å². The summed E-state index contributed by atoms with van der Waals surface area (Å²) in [5, 5.41) is 1.72. The number of benzene rings is 2. The Bertz CT molecular complexity index is 1410. The van der Waals surface area contributed by atoms with Crippen molar-refractivity contribution < 1.29 is 14.4 Å². The Morgan fingerprint density at radius 1 is 0.941 bits per heavy atom. The Morgan fingerprint density at radius 3 is 2.24 bits per heavy atom. The normalized spacial score (nSPS) is 13.9. The quantitative estimate of drug-likeness (QED) is 0.412. The number of rotatable bonds is 4. The maximum atomic E-state index is 13.0. The summed E-state index contributed by atoms with van der Waals surface area (Å²) >= 11 is 4.64. The molecule has 11 heteroatoms. The summed E-state index contributed by atoms with van der Waals surface area (Å²) in [5.41, 5.74) is 8.79. The van der Waals surface area contributed by atoms with E-state index in [2.05, 4.69) is 30.9 Å². The van der Waals surface area contributed by atoms with Gasteiger partial charge in [-0.1, -0.05) is 18.2 Å². The van der Waals surface area contributed by atoms with Gasteiger partial charge in [-0.15, -0.1) is 11.3 Å². The van der Waals surface area contributed by atoms with Crippen molar-refractivity contribution in [1.29, 1.82) is 0 Å². The van der Waals surface area contributed by atoms with Crippen molar-refractivity contribution in [3.63, 3.8) is 0 Å². The first-order valence-corrected chi connectivity index (χ1v) is 12.2. The number of H-pyrrole nitrogens is 1. The van der Waals surface area contributed by atoms with E-state index in [1.165, 1.54) is 11.3 Å². The largest absolute Gasteiger partial charge is 0.366 e.